The van der Waals surface area contributed by atoms with Crippen molar-refractivity contribution in [3.63, 3.8) is 0 Å². The highest BCUT2D eigenvalue weighted by atomic mass is 32.2. The Balaban J connectivity index is 2.29. The van der Waals surface area contributed by atoms with E-state index in [4.69, 9.17) is 4.74 Å². The molecule has 1 aliphatic heterocycles. The van der Waals surface area contributed by atoms with Crippen molar-refractivity contribution in [3.8, 4) is 0 Å². The largest absolute Gasteiger partial charge is 0.394 e. The van der Waals surface area contributed by atoms with Crippen LogP contribution in [0.2, 0.25) is 0 Å². The first-order chi connectivity index (χ1) is 9.88. The van der Waals surface area contributed by atoms with Crippen molar-refractivity contribution < 1.29 is 23.2 Å². The molecule has 1 heterocycles. The lowest BCUT2D eigenvalue weighted by atomic mass is 9.93. The van der Waals surface area contributed by atoms with Crippen molar-refractivity contribution in [2.45, 2.75) is 23.3 Å². The van der Waals surface area contributed by atoms with E-state index in [1.807, 2.05) is 0 Å². The van der Waals surface area contributed by atoms with Crippen LogP contribution in [-0.2, 0) is 14.8 Å². The molecule has 0 spiro atoms. The van der Waals surface area contributed by atoms with Crippen molar-refractivity contribution in [1.82, 2.24) is 4.72 Å². The first-order valence-electron chi connectivity index (χ1n) is 6.36. The van der Waals surface area contributed by atoms with Crippen LogP contribution in [0.5, 0.6) is 0 Å². The number of sulfonamides is 1. The van der Waals surface area contributed by atoms with Crippen LogP contribution in [0.15, 0.2) is 29.2 Å². The Morgan fingerprint density at radius 2 is 2.05 bits per heavy atom. The summed E-state index contributed by atoms with van der Waals surface area (Å²) in [5, 5.41) is 20.2. The normalized spacial score (nSPS) is 18.3. The van der Waals surface area contributed by atoms with Gasteiger partial charge in [0.2, 0.25) is 10.0 Å². The maximum Gasteiger partial charge on any atom is 0.270 e. The summed E-state index contributed by atoms with van der Waals surface area (Å²) in [4.78, 5) is 9.87. The minimum Gasteiger partial charge on any atom is -0.394 e. The fourth-order valence-electron chi connectivity index (χ4n) is 2.16. The summed E-state index contributed by atoms with van der Waals surface area (Å²) in [6.07, 6.45) is 0.690. The number of benzene rings is 1. The number of aliphatic hydroxyl groups excluding tert-OH is 1. The molecule has 0 aromatic heterocycles. The standard InChI is InChI=1S/C12H16N2O6S/c15-9-12(4-6-20-7-5-12)13-21(18,19)11-3-1-2-10(8-11)14(16)17/h1-3,8,13,15H,4-7,9H2. The molecule has 1 aromatic carbocycles. The van der Waals surface area contributed by atoms with Gasteiger partial charge in [-0.2, -0.15) is 0 Å². The zero-order valence-electron chi connectivity index (χ0n) is 11.2. The monoisotopic (exact) mass is 316 g/mol. The summed E-state index contributed by atoms with van der Waals surface area (Å²) in [6, 6.07) is 4.80. The number of non-ortho nitro benzene ring substituents is 1. The molecule has 1 saturated heterocycles. The topological polar surface area (TPSA) is 119 Å². The number of nitro benzene ring substituents is 1. The van der Waals surface area contributed by atoms with Gasteiger partial charge in [0.05, 0.1) is 22.0 Å². The van der Waals surface area contributed by atoms with Crippen molar-refractivity contribution in [3.05, 3.63) is 34.4 Å². The highest BCUT2D eigenvalue weighted by Crippen LogP contribution is 2.24. The Morgan fingerprint density at radius 3 is 2.62 bits per heavy atom. The molecule has 0 amide bonds. The van der Waals surface area contributed by atoms with Gasteiger partial charge in [0.1, 0.15) is 0 Å². The van der Waals surface area contributed by atoms with Crippen LogP contribution < -0.4 is 4.72 Å². The maximum absolute atomic E-state index is 12.4. The summed E-state index contributed by atoms with van der Waals surface area (Å²) >= 11 is 0. The molecule has 2 N–H and O–H groups in total. The van der Waals surface area contributed by atoms with E-state index < -0.39 is 20.5 Å². The first-order valence-corrected chi connectivity index (χ1v) is 7.84. The molecule has 1 fully saturated rings. The summed E-state index contributed by atoms with van der Waals surface area (Å²) < 4.78 is 32.3. The molecule has 8 nitrogen and oxygen atoms in total. The number of rotatable bonds is 5. The molecule has 0 radical (unpaired) electrons. The second-order valence-electron chi connectivity index (χ2n) is 4.91. The van der Waals surface area contributed by atoms with E-state index >= 15 is 0 Å². The van der Waals surface area contributed by atoms with Gasteiger partial charge in [-0.1, -0.05) is 6.07 Å². The van der Waals surface area contributed by atoms with E-state index in [9.17, 15) is 23.6 Å². The van der Waals surface area contributed by atoms with Gasteiger partial charge in [0.15, 0.2) is 0 Å². The predicted molar refractivity (Wildman–Crippen MR) is 73.3 cm³/mol. The van der Waals surface area contributed by atoms with Crippen molar-refractivity contribution in [2.75, 3.05) is 19.8 Å². The second-order valence-corrected chi connectivity index (χ2v) is 6.59. The lowest BCUT2D eigenvalue weighted by Crippen LogP contribution is -2.54. The minimum absolute atomic E-state index is 0.198. The number of hydrogen-bond donors (Lipinski definition) is 2. The highest BCUT2D eigenvalue weighted by Gasteiger charge is 2.36. The third-order valence-electron chi connectivity index (χ3n) is 3.44. The molecule has 0 saturated carbocycles. The van der Waals surface area contributed by atoms with Gasteiger partial charge in [-0.15, -0.1) is 0 Å². The average Bonchev–Trinajstić information content (AvgIpc) is 2.48. The Labute approximate surface area is 121 Å². The number of nitrogens with zero attached hydrogens (tertiary/aromatic N) is 1. The van der Waals surface area contributed by atoms with E-state index in [-0.39, 0.29) is 17.2 Å². The molecule has 9 heteroatoms. The Kier molecular flexibility index (Phi) is 4.57. The van der Waals surface area contributed by atoms with Crippen molar-refractivity contribution >= 4 is 15.7 Å². The molecule has 0 atom stereocenters. The van der Waals surface area contributed by atoms with Crippen LogP contribution in [0.1, 0.15) is 12.8 Å². The van der Waals surface area contributed by atoms with Gasteiger partial charge in [-0.25, -0.2) is 13.1 Å². The van der Waals surface area contributed by atoms with E-state index in [0.29, 0.717) is 26.1 Å². The summed E-state index contributed by atoms with van der Waals surface area (Å²) in [5.74, 6) is 0. The van der Waals surface area contributed by atoms with Crippen LogP contribution in [0.25, 0.3) is 0 Å². The Bertz CT molecular complexity index is 624. The fraction of sp³-hybridized carbons (Fsp3) is 0.500. The third kappa shape index (κ3) is 3.56. The molecule has 2 rings (SSSR count). The van der Waals surface area contributed by atoms with Crippen molar-refractivity contribution in [2.24, 2.45) is 0 Å². The summed E-state index contributed by atoms with van der Waals surface area (Å²) in [7, 11) is -3.96. The van der Waals surface area contributed by atoms with Gasteiger partial charge in [-0.05, 0) is 18.9 Å². The lowest BCUT2D eigenvalue weighted by molar-refractivity contribution is -0.385. The molecule has 116 valence electrons. The molecule has 0 aliphatic carbocycles. The zero-order valence-corrected chi connectivity index (χ0v) is 12.0. The molecule has 21 heavy (non-hydrogen) atoms. The van der Waals surface area contributed by atoms with Crippen LogP contribution in [0.4, 0.5) is 5.69 Å². The van der Waals surface area contributed by atoms with Gasteiger partial charge in [0.25, 0.3) is 5.69 Å². The van der Waals surface area contributed by atoms with Gasteiger partial charge in [-0.3, -0.25) is 10.1 Å². The van der Waals surface area contributed by atoms with Crippen LogP contribution in [0.3, 0.4) is 0 Å². The molecule has 0 bridgehead atoms. The zero-order chi connectivity index (χ0) is 15.5. The summed E-state index contributed by atoms with van der Waals surface area (Å²) in [6.45, 7) is 0.334. The van der Waals surface area contributed by atoms with E-state index in [1.54, 1.807) is 0 Å². The van der Waals surface area contributed by atoms with Crippen LogP contribution >= 0.6 is 0 Å². The average molecular weight is 316 g/mol. The third-order valence-corrected chi connectivity index (χ3v) is 5.02. The first kappa shape index (κ1) is 15.8. The fourth-order valence-corrected chi connectivity index (χ4v) is 3.65. The van der Waals surface area contributed by atoms with Crippen LogP contribution in [-0.4, -0.2) is 43.8 Å². The van der Waals surface area contributed by atoms with Crippen molar-refractivity contribution in [1.29, 1.82) is 0 Å². The maximum atomic E-state index is 12.4. The predicted octanol–water partition coefficient (Wildman–Crippen LogP) is 0.415. The number of nitrogens with one attached hydrogen (secondary N) is 1. The van der Waals surface area contributed by atoms with Gasteiger partial charge in [0, 0.05) is 25.3 Å². The quantitative estimate of drug-likeness (QED) is 0.600. The van der Waals surface area contributed by atoms with Crippen LogP contribution in [0, 0.1) is 10.1 Å². The highest BCUT2D eigenvalue weighted by molar-refractivity contribution is 7.89. The number of hydrogen-bond acceptors (Lipinski definition) is 6. The Hall–Kier alpha value is -1.55. The second kappa shape index (κ2) is 6.06. The van der Waals surface area contributed by atoms with E-state index in [0.717, 1.165) is 6.07 Å². The molecule has 1 aromatic rings. The molecular weight excluding hydrogens is 300 g/mol. The summed E-state index contributed by atoms with van der Waals surface area (Å²) in [5.41, 5.74) is -1.29. The number of aliphatic hydroxyl groups is 1. The molecular formula is C12H16N2O6S. The number of nitro groups is 1. The van der Waals surface area contributed by atoms with E-state index in [2.05, 4.69) is 4.72 Å². The Morgan fingerprint density at radius 1 is 1.38 bits per heavy atom. The van der Waals surface area contributed by atoms with Gasteiger partial charge >= 0.3 is 0 Å². The minimum atomic E-state index is -3.96. The SMILES string of the molecule is O=[N+]([O-])c1cccc(S(=O)(=O)NC2(CO)CCOCC2)c1. The van der Waals surface area contributed by atoms with Gasteiger partial charge < -0.3 is 9.84 Å². The molecule has 0 unspecified atom stereocenters. The van der Waals surface area contributed by atoms with E-state index in [1.165, 1.54) is 18.2 Å². The molecule has 1 aliphatic rings. The smallest absolute Gasteiger partial charge is 0.270 e. The lowest BCUT2D eigenvalue weighted by Gasteiger charge is -2.35. The number of ether oxygens (including phenoxy) is 1.